The molecule has 0 amide bonds. The number of carbonyl (C=O) groups excluding carboxylic acids is 1. The van der Waals surface area contributed by atoms with Crippen molar-refractivity contribution in [3.63, 3.8) is 0 Å². The number of ether oxygens (including phenoxy) is 1. The number of anilines is 2. The molecule has 9 heteroatoms. The van der Waals surface area contributed by atoms with Gasteiger partial charge in [-0.3, -0.25) is 9.00 Å². The minimum atomic E-state index is -1.16. The first-order valence-corrected chi connectivity index (χ1v) is 9.00. The van der Waals surface area contributed by atoms with Crippen molar-refractivity contribution in [3.05, 3.63) is 34.9 Å². The number of nitrogens with zero attached hydrogens (tertiary/aromatic N) is 3. The zero-order valence-electron chi connectivity index (χ0n) is 12.9. The molecule has 126 valence electrons. The second kappa shape index (κ2) is 7.23. The minimum absolute atomic E-state index is 0.109. The van der Waals surface area contributed by atoms with Gasteiger partial charge in [0.25, 0.3) is 0 Å². The number of aromatic nitrogens is 3. The van der Waals surface area contributed by atoms with Gasteiger partial charge in [-0.2, -0.15) is 4.98 Å². The van der Waals surface area contributed by atoms with Crippen LogP contribution >= 0.6 is 11.6 Å². The number of methoxy groups -OCH3 is 1. The normalized spacial score (nSPS) is 16.3. The Morgan fingerprint density at radius 3 is 2.96 bits per heavy atom. The highest BCUT2D eigenvalue weighted by molar-refractivity contribution is 7.85. The number of aryl methyl sites for hydroxylation is 1. The van der Waals surface area contributed by atoms with E-state index in [9.17, 15) is 9.00 Å². The Morgan fingerprint density at radius 1 is 1.42 bits per heavy atom. The molecule has 3 heterocycles. The van der Waals surface area contributed by atoms with Crippen molar-refractivity contribution in [1.82, 2.24) is 15.0 Å². The lowest BCUT2D eigenvalue weighted by atomic mass is 10.2. The summed E-state index contributed by atoms with van der Waals surface area (Å²) in [5.74, 6) is 1.18. The third-order valence-electron chi connectivity index (χ3n) is 3.53. The van der Waals surface area contributed by atoms with Gasteiger partial charge < -0.3 is 10.1 Å². The average Bonchev–Trinajstić information content (AvgIpc) is 2.56. The molecule has 0 spiro atoms. The molecule has 1 N–H and O–H groups in total. The maximum atomic E-state index is 12.3. The summed E-state index contributed by atoms with van der Waals surface area (Å²) in [5.41, 5.74) is 1.45. The van der Waals surface area contributed by atoms with Crippen LogP contribution in [0, 0.1) is 0 Å². The summed E-state index contributed by atoms with van der Waals surface area (Å²) in [6.45, 7) is 0. The number of fused-ring (bicyclic) bond motifs is 1. The Hall–Kier alpha value is -2.06. The number of hydrogen-bond donors (Lipinski definition) is 1. The Morgan fingerprint density at radius 2 is 2.25 bits per heavy atom. The van der Waals surface area contributed by atoms with E-state index in [2.05, 4.69) is 25.0 Å². The van der Waals surface area contributed by atoms with Gasteiger partial charge in [0, 0.05) is 11.9 Å². The second-order valence-electron chi connectivity index (χ2n) is 5.20. The highest BCUT2D eigenvalue weighted by Crippen LogP contribution is 2.29. The van der Waals surface area contributed by atoms with Gasteiger partial charge in [0.05, 0.1) is 30.0 Å². The predicted octanol–water partition coefficient (Wildman–Crippen LogP) is 2.04. The first-order chi connectivity index (χ1) is 11.6. The van der Waals surface area contributed by atoms with E-state index in [0.717, 1.165) is 18.4 Å². The molecule has 0 saturated carbocycles. The van der Waals surface area contributed by atoms with Crippen LogP contribution in [0.4, 0.5) is 11.6 Å². The molecule has 1 atom stereocenters. The Bertz CT molecular complexity index is 798. The van der Waals surface area contributed by atoms with E-state index in [1.807, 2.05) is 0 Å². The van der Waals surface area contributed by atoms with Gasteiger partial charge in [0.15, 0.2) is 5.82 Å². The van der Waals surface area contributed by atoms with Crippen LogP contribution in [0.3, 0.4) is 0 Å². The quantitative estimate of drug-likeness (QED) is 0.653. The summed E-state index contributed by atoms with van der Waals surface area (Å²) in [5, 5.41) is 3.15. The van der Waals surface area contributed by atoms with Gasteiger partial charge in [-0.25, -0.2) is 9.97 Å². The van der Waals surface area contributed by atoms with Crippen molar-refractivity contribution in [2.45, 2.75) is 24.2 Å². The maximum absolute atomic E-state index is 12.3. The molecule has 1 aliphatic rings. The number of esters is 1. The third kappa shape index (κ3) is 3.70. The Labute approximate surface area is 146 Å². The standard InChI is InChI=1S/C15H15ClN4O3S/c1-23-12(21)7-9-4-5-11(17-8-9)19-14-13-10(18-15(16)20-14)3-2-6-24(13)22/h4-5,8H,2-3,6-7H2,1H3,(H,17,18,19,20)/t24-/m1/s1. The fraction of sp³-hybridized carbons (Fsp3) is 0.333. The van der Waals surface area contributed by atoms with E-state index in [1.54, 1.807) is 18.3 Å². The van der Waals surface area contributed by atoms with Gasteiger partial charge in [-0.1, -0.05) is 6.07 Å². The van der Waals surface area contributed by atoms with Crippen LogP contribution in [-0.4, -0.2) is 38.0 Å². The SMILES string of the molecule is COC(=O)Cc1ccc(Nc2nc(Cl)nc3c2[S@](=O)CCC3)nc1. The van der Waals surface area contributed by atoms with Crippen LogP contribution in [0.5, 0.6) is 0 Å². The molecule has 0 fully saturated rings. The lowest BCUT2D eigenvalue weighted by Crippen LogP contribution is -2.16. The van der Waals surface area contributed by atoms with Crippen LogP contribution in [-0.2, 0) is 33.2 Å². The molecule has 24 heavy (non-hydrogen) atoms. The summed E-state index contributed by atoms with van der Waals surface area (Å²) >= 11 is 5.96. The third-order valence-corrected chi connectivity index (χ3v) is 5.24. The molecule has 1 aliphatic heterocycles. The summed E-state index contributed by atoms with van der Waals surface area (Å²) in [7, 11) is 0.184. The topological polar surface area (TPSA) is 94.1 Å². The number of nitrogens with one attached hydrogen (secondary N) is 1. The fourth-order valence-electron chi connectivity index (χ4n) is 2.40. The summed E-state index contributed by atoms with van der Waals surface area (Å²) in [4.78, 5) is 24.4. The number of rotatable bonds is 4. The Kier molecular flexibility index (Phi) is 5.06. The van der Waals surface area contributed by atoms with Crippen molar-refractivity contribution in [2.24, 2.45) is 0 Å². The molecule has 0 radical (unpaired) electrons. The second-order valence-corrected chi connectivity index (χ2v) is 7.05. The van der Waals surface area contributed by atoms with E-state index in [0.29, 0.717) is 28.0 Å². The van der Waals surface area contributed by atoms with Crippen molar-refractivity contribution >= 4 is 40.0 Å². The van der Waals surface area contributed by atoms with Crippen molar-refractivity contribution < 1.29 is 13.7 Å². The number of pyridine rings is 1. The van der Waals surface area contributed by atoms with Crippen LogP contribution in [0.25, 0.3) is 0 Å². The average molecular weight is 367 g/mol. The van der Waals surface area contributed by atoms with E-state index in [-0.39, 0.29) is 17.7 Å². The molecular formula is C15H15ClN4O3S. The van der Waals surface area contributed by atoms with Crippen LogP contribution in [0.2, 0.25) is 5.28 Å². The number of halogens is 1. The van der Waals surface area contributed by atoms with Gasteiger partial charge in [-0.05, 0) is 36.1 Å². The van der Waals surface area contributed by atoms with E-state index >= 15 is 0 Å². The predicted molar refractivity (Wildman–Crippen MR) is 89.9 cm³/mol. The summed E-state index contributed by atoms with van der Waals surface area (Å²) in [6, 6.07) is 3.48. The van der Waals surface area contributed by atoms with Gasteiger partial charge >= 0.3 is 5.97 Å². The monoisotopic (exact) mass is 366 g/mol. The largest absolute Gasteiger partial charge is 0.469 e. The molecule has 0 unspecified atom stereocenters. The first-order valence-electron chi connectivity index (χ1n) is 7.30. The molecule has 0 aromatic carbocycles. The summed E-state index contributed by atoms with van der Waals surface area (Å²) < 4.78 is 16.9. The molecule has 0 bridgehead atoms. The molecule has 2 aromatic heterocycles. The molecule has 3 rings (SSSR count). The molecule has 2 aromatic rings. The van der Waals surface area contributed by atoms with E-state index in [1.165, 1.54) is 7.11 Å². The van der Waals surface area contributed by atoms with Gasteiger partial charge in [0.2, 0.25) is 5.28 Å². The van der Waals surface area contributed by atoms with Gasteiger partial charge in [0.1, 0.15) is 10.7 Å². The molecular weight excluding hydrogens is 352 g/mol. The van der Waals surface area contributed by atoms with E-state index < -0.39 is 10.8 Å². The highest BCUT2D eigenvalue weighted by atomic mass is 35.5. The van der Waals surface area contributed by atoms with Crippen molar-refractivity contribution in [1.29, 1.82) is 0 Å². The van der Waals surface area contributed by atoms with Crippen LogP contribution in [0.1, 0.15) is 17.7 Å². The number of hydrogen-bond acceptors (Lipinski definition) is 7. The molecule has 0 aliphatic carbocycles. The van der Waals surface area contributed by atoms with Crippen molar-refractivity contribution in [3.8, 4) is 0 Å². The maximum Gasteiger partial charge on any atom is 0.310 e. The molecule has 7 nitrogen and oxygen atoms in total. The summed E-state index contributed by atoms with van der Waals surface area (Å²) in [6.07, 6.45) is 3.27. The zero-order chi connectivity index (χ0) is 17.1. The van der Waals surface area contributed by atoms with Crippen molar-refractivity contribution in [2.75, 3.05) is 18.2 Å². The fourth-order valence-corrected chi connectivity index (χ4v) is 3.92. The number of carbonyl (C=O) groups is 1. The smallest absolute Gasteiger partial charge is 0.310 e. The van der Waals surface area contributed by atoms with Crippen LogP contribution < -0.4 is 5.32 Å². The van der Waals surface area contributed by atoms with E-state index in [4.69, 9.17) is 11.6 Å². The van der Waals surface area contributed by atoms with Gasteiger partial charge in [-0.15, -0.1) is 0 Å². The lowest BCUT2D eigenvalue weighted by molar-refractivity contribution is -0.139. The Balaban J connectivity index is 1.85. The first kappa shape index (κ1) is 16.8. The zero-order valence-corrected chi connectivity index (χ0v) is 14.5. The minimum Gasteiger partial charge on any atom is -0.469 e. The van der Waals surface area contributed by atoms with Crippen LogP contribution in [0.15, 0.2) is 23.2 Å². The highest BCUT2D eigenvalue weighted by Gasteiger charge is 2.23. The lowest BCUT2D eigenvalue weighted by Gasteiger charge is -2.18. The molecule has 0 saturated heterocycles.